The quantitative estimate of drug-likeness (QED) is 0.644. The van der Waals surface area contributed by atoms with E-state index in [0.717, 1.165) is 0 Å². The SMILES string of the molecule is N#CC1=C(C#N)C(C#N)=C(C2COCOC2)C1=C=[N-]. The summed E-state index contributed by atoms with van der Waals surface area (Å²) in [5, 5.41) is 36.5. The summed E-state index contributed by atoms with van der Waals surface area (Å²) in [5.74, 6) is 1.59. The van der Waals surface area contributed by atoms with Gasteiger partial charge in [0.1, 0.15) is 25.0 Å². The second-order valence-electron chi connectivity index (χ2n) is 3.92. The van der Waals surface area contributed by atoms with Crippen LogP contribution >= 0.6 is 0 Å². The number of hydrogen-bond acceptors (Lipinski definition) is 5. The molecule has 2 rings (SSSR count). The maximum atomic E-state index is 9.19. The van der Waals surface area contributed by atoms with Crippen LogP contribution in [0.1, 0.15) is 0 Å². The number of ether oxygens (including phenoxy) is 2. The molecule has 1 fully saturated rings. The molecule has 0 atom stereocenters. The molecule has 0 aromatic carbocycles. The highest BCUT2D eigenvalue weighted by molar-refractivity contribution is 5.86. The number of allylic oxidation sites excluding steroid dienone is 4. The van der Waals surface area contributed by atoms with Gasteiger partial charge in [0.05, 0.1) is 29.9 Å². The molecule has 0 N–H and O–H groups in total. The van der Waals surface area contributed by atoms with Crippen LogP contribution in [0, 0.1) is 39.9 Å². The van der Waals surface area contributed by atoms with Gasteiger partial charge >= 0.3 is 0 Å². The van der Waals surface area contributed by atoms with Gasteiger partial charge in [-0.3, -0.25) is 5.87 Å². The first-order chi connectivity index (χ1) is 9.28. The summed E-state index contributed by atoms with van der Waals surface area (Å²) in [6.07, 6.45) is 0. The van der Waals surface area contributed by atoms with Gasteiger partial charge in [-0.1, -0.05) is 0 Å². The van der Waals surface area contributed by atoms with Crippen LogP contribution in [0.15, 0.2) is 27.9 Å². The van der Waals surface area contributed by atoms with E-state index in [0.29, 0.717) is 18.8 Å². The standard InChI is InChI=1S/C13H7N4O2/c14-1-9-10(2-15)12(4-17)13(11(9)3-16)8-5-18-7-19-6-8/h8H,5-7H2/q-1. The zero-order chi connectivity index (χ0) is 13.8. The van der Waals surface area contributed by atoms with Crippen molar-refractivity contribution >= 4 is 5.87 Å². The average Bonchev–Trinajstić information content (AvgIpc) is 2.80. The van der Waals surface area contributed by atoms with E-state index in [1.807, 2.05) is 24.1 Å². The molecule has 2 aliphatic rings. The summed E-state index contributed by atoms with van der Waals surface area (Å²) in [6.45, 7) is 0.753. The fourth-order valence-corrected chi connectivity index (χ4v) is 2.16. The molecule has 0 radical (unpaired) electrons. The Morgan fingerprint density at radius 2 is 1.53 bits per heavy atom. The van der Waals surface area contributed by atoms with Gasteiger partial charge in [-0.25, -0.2) is 0 Å². The van der Waals surface area contributed by atoms with Gasteiger partial charge in [0, 0.05) is 11.5 Å². The number of nitrogens with zero attached hydrogens (tertiary/aromatic N) is 4. The van der Waals surface area contributed by atoms with Crippen molar-refractivity contribution in [3.05, 3.63) is 33.3 Å². The minimum Gasteiger partial charge on any atom is -0.763 e. The third-order valence-corrected chi connectivity index (χ3v) is 2.95. The lowest BCUT2D eigenvalue weighted by molar-refractivity contribution is -0.117. The molecule has 0 aromatic rings. The van der Waals surface area contributed by atoms with Crippen LogP contribution in [0.5, 0.6) is 0 Å². The Balaban J connectivity index is 2.60. The maximum Gasteiger partial charge on any atom is 0.146 e. The van der Waals surface area contributed by atoms with Crippen molar-refractivity contribution in [3.8, 4) is 18.2 Å². The fraction of sp³-hybridized carbons (Fsp3) is 0.308. The lowest BCUT2D eigenvalue weighted by atomic mass is 9.91. The molecule has 92 valence electrons. The summed E-state index contributed by atoms with van der Waals surface area (Å²) >= 11 is 0. The molecule has 0 aromatic heterocycles. The molecule has 0 unspecified atom stereocenters. The summed E-state index contributed by atoms with van der Waals surface area (Å²) in [7, 11) is 0. The Morgan fingerprint density at radius 3 is 2.00 bits per heavy atom. The lowest BCUT2D eigenvalue weighted by Crippen LogP contribution is -2.26. The van der Waals surface area contributed by atoms with Gasteiger partial charge in [-0.2, -0.15) is 15.8 Å². The molecule has 1 saturated heterocycles. The van der Waals surface area contributed by atoms with Crippen LogP contribution in [-0.2, 0) is 9.47 Å². The normalized spacial score (nSPS) is 19.7. The van der Waals surface area contributed by atoms with Crippen LogP contribution in [0.4, 0.5) is 0 Å². The van der Waals surface area contributed by atoms with Crippen LogP contribution in [0.25, 0.3) is 5.41 Å². The zero-order valence-corrected chi connectivity index (χ0v) is 9.80. The third-order valence-electron chi connectivity index (χ3n) is 2.95. The number of nitriles is 3. The largest absolute Gasteiger partial charge is 0.763 e. The Labute approximate surface area is 109 Å². The second-order valence-corrected chi connectivity index (χ2v) is 3.92. The lowest BCUT2D eigenvalue weighted by Gasteiger charge is -2.24. The van der Waals surface area contributed by atoms with Gasteiger partial charge in [-0.05, 0) is 5.57 Å². The van der Waals surface area contributed by atoms with Crippen LogP contribution in [0.2, 0.25) is 0 Å². The monoisotopic (exact) mass is 251 g/mol. The first-order valence-corrected chi connectivity index (χ1v) is 5.40. The third kappa shape index (κ3) is 1.95. The molecule has 6 nitrogen and oxygen atoms in total. The van der Waals surface area contributed by atoms with Crippen molar-refractivity contribution in [2.45, 2.75) is 0 Å². The van der Waals surface area contributed by atoms with Crippen molar-refractivity contribution in [2.75, 3.05) is 20.0 Å². The van der Waals surface area contributed by atoms with Gasteiger partial charge in [0.25, 0.3) is 0 Å². The summed E-state index contributed by atoms with van der Waals surface area (Å²) in [5.41, 5.74) is 0.464. The van der Waals surface area contributed by atoms with Crippen molar-refractivity contribution < 1.29 is 9.47 Å². The van der Waals surface area contributed by atoms with Gasteiger partial charge in [0.2, 0.25) is 0 Å². The molecule has 1 aliphatic carbocycles. The van der Waals surface area contributed by atoms with Gasteiger partial charge in [0.15, 0.2) is 0 Å². The number of rotatable bonds is 1. The molecule has 1 aliphatic heterocycles. The van der Waals surface area contributed by atoms with E-state index in [1.54, 1.807) is 0 Å². The van der Waals surface area contributed by atoms with Crippen LogP contribution in [0.3, 0.4) is 0 Å². The van der Waals surface area contributed by atoms with E-state index in [2.05, 4.69) is 0 Å². The van der Waals surface area contributed by atoms with E-state index in [-0.39, 0.29) is 35.0 Å². The molecule has 1 heterocycles. The molecule has 0 amide bonds. The smallest absolute Gasteiger partial charge is 0.146 e. The summed E-state index contributed by atoms with van der Waals surface area (Å²) in [4.78, 5) is 0. The Bertz CT molecular complexity index is 654. The highest BCUT2D eigenvalue weighted by Crippen LogP contribution is 2.39. The molecule has 0 saturated carbocycles. The molecular formula is C13H7N4O2-. The van der Waals surface area contributed by atoms with Crippen molar-refractivity contribution in [1.29, 1.82) is 15.8 Å². The predicted molar refractivity (Wildman–Crippen MR) is 63.0 cm³/mol. The molecular weight excluding hydrogens is 244 g/mol. The second kappa shape index (κ2) is 5.31. The van der Waals surface area contributed by atoms with Crippen LogP contribution in [-0.4, -0.2) is 25.9 Å². The van der Waals surface area contributed by atoms with E-state index < -0.39 is 0 Å². The average molecular weight is 251 g/mol. The minimum atomic E-state index is -0.313. The predicted octanol–water partition coefficient (Wildman–Crippen LogP) is 0.950. The van der Waals surface area contributed by atoms with Gasteiger partial charge < -0.3 is 14.9 Å². The Morgan fingerprint density at radius 1 is 0.947 bits per heavy atom. The first kappa shape index (κ1) is 12.8. The minimum absolute atomic E-state index is 0.0397. The van der Waals surface area contributed by atoms with E-state index in [4.69, 9.17) is 20.0 Å². The first-order valence-electron chi connectivity index (χ1n) is 5.40. The summed E-state index contributed by atoms with van der Waals surface area (Å²) < 4.78 is 10.3. The van der Waals surface area contributed by atoms with E-state index in [1.165, 1.54) is 0 Å². The van der Waals surface area contributed by atoms with Crippen molar-refractivity contribution in [1.82, 2.24) is 0 Å². The Kier molecular flexibility index (Phi) is 3.57. The molecule has 19 heavy (non-hydrogen) atoms. The van der Waals surface area contributed by atoms with Crippen molar-refractivity contribution in [2.24, 2.45) is 5.92 Å². The maximum absolute atomic E-state index is 9.19. The topological polar surface area (TPSA) is 112 Å². The molecule has 0 spiro atoms. The van der Waals surface area contributed by atoms with Gasteiger partial charge in [-0.15, -0.1) is 0 Å². The Hall–Kier alpha value is -2.68. The number of hydrogen-bond donors (Lipinski definition) is 0. The molecule has 0 bridgehead atoms. The van der Waals surface area contributed by atoms with E-state index >= 15 is 0 Å². The van der Waals surface area contributed by atoms with E-state index in [9.17, 15) is 10.7 Å². The zero-order valence-electron chi connectivity index (χ0n) is 9.80. The fourth-order valence-electron chi connectivity index (χ4n) is 2.16. The highest BCUT2D eigenvalue weighted by Gasteiger charge is 2.34. The molecule has 6 heteroatoms. The highest BCUT2D eigenvalue weighted by atomic mass is 16.7. The van der Waals surface area contributed by atoms with Crippen LogP contribution < -0.4 is 0 Å². The van der Waals surface area contributed by atoms with Crippen molar-refractivity contribution in [3.63, 3.8) is 0 Å². The summed E-state index contributed by atoms with van der Waals surface area (Å²) in [6, 6.07) is 5.55.